The van der Waals surface area contributed by atoms with Crippen molar-refractivity contribution in [2.75, 3.05) is 26.8 Å². The molecular weight excluding hydrogens is 274 g/mol. The van der Waals surface area contributed by atoms with Gasteiger partial charge in [0.05, 0.1) is 17.6 Å². The monoisotopic (exact) mass is 288 g/mol. The van der Waals surface area contributed by atoms with E-state index in [-0.39, 0.29) is 13.2 Å². The Morgan fingerprint density at radius 2 is 2.00 bits per heavy atom. The minimum Gasteiger partial charge on any atom is -0.380 e. The highest BCUT2D eigenvalue weighted by Gasteiger charge is 2.25. The van der Waals surface area contributed by atoms with Crippen LogP contribution in [0.15, 0.2) is 12.1 Å². The van der Waals surface area contributed by atoms with Crippen molar-refractivity contribution >= 4 is 11.6 Å². The minimum absolute atomic E-state index is 0.183. The lowest BCUT2D eigenvalue weighted by molar-refractivity contribution is -0.385. The molecule has 20 heavy (non-hydrogen) atoms. The van der Waals surface area contributed by atoms with Crippen molar-refractivity contribution in [1.29, 1.82) is 0 Å². The van der Waals surface area contributed by atoms with Crippen molar-refractivity contribution in [3.63, 3.8) is 0 Å². The van der Waals surface area contributed by atoms with E-state index in [0.29, 0.717) is 18.7 Å². The quantitative estimate of drug-likeness (QED) is 0.456. The highest BCUT2D eigenvalue weighted by atomic mass is 19.2. The average Bonchev–Trinajstić information content (AvgIpc) is 2.40. The molecule has 0 spiro atoms. The summed E-state index contributed by atoms with van der Waals surface area (Å²) in [5.74, 6) is -3.45. The van der Waals surface area contributed by atoms with Crippen LogP contribution in [0.3, 0.4) is 0 Å². The lowest BCUT2D eigenvalue weighted by atomic mass is 10.1. The molecule has 0 N–H and O–H groups in total. The first kappa shape index (κ1) is 16.0. The summed E-state index contributed by atoms with van der Waals surface area (Å²) < 4.78 is 31.2. The van der Waals surface area contributed by atoms with E-state index in [4.69, 9.17) is 4.74 Å². The van der Waals surface area contributed by atoms with Gasteiger partial charge in [-0.05, 0) is 13.0 Å². The number of rotatable bonds is 6. The van der Waals surface area contributed by atoms with Gasteiger partial charge in [0, 0.05) is 20.2 Å². The van der Waals surface area contributed by atoms with Gasteiger partial charge in [-0.3, -0.25) is 14.9 Å². The van der Waals surface area contributed by atoms with Crippen molar-refractivity contribution in [2.24, 2.45) is 0 Å². The van der Waals surface area contributed by atoms with Gasteiger partial charge in [-0.2, -0.15) is 0 Å². The number of nitro groups is 1. The van der Waals surface area contributed by atoms with E-state index in [2.05, 4.69) is 0 Å². The smallest absolute Gasteiger partial charge is 0.285 e. The molecule has 0 aliphatic carbocycles. The minimum atomic E-state index is -1.37. The third-order valence-corrected chi connectivity index (χ3v) is 2.59. The molecule has 6 nitrogen and oxygen atoms in total. The fourth-order valence-electron chi connectivity index (χ4n) is 1.51. The van der Waals surface area contributed by atoms with Crippen molar-refractivity contribution in [1.82, 2.24) is 4.90 Å². The Bertz CT molecular complexity index is 522. The van der Waals surface area contributed by atoms with Gasteiger partial charge in [-0.25, -0.2) is 8.78 Å². The van der Waals surface area contributed by atoms with Crippen LogP contribution in [0.1, 0.15) is 17.3 Å². The Kier molecular flexibility index (Phi) is 5.51. The molecule has 0 bridgehead atoms. The van der Waals surface area contributed by atoms with E-state index in [0.717, 1.165) is 4.90 Å². The van der Waals surface area contributed by atoms with Gasteiger partial charge < -0.3 is 9.64 Å². The van der Waals surface area contributed by atoms with Gasteiger partial charge in [-0.15, -0.1) is 0 Å². The fraction of sp³-hybridized carbons (Fsp3) is 0.417. The summed E-state index contributed by atoms with van der Waals surface area (Å²) in [7, 11) is 1.40. The number of ether oxygens (including phenoxy) is 1. The summed E-state index contributed by atoms with van der Waals surface area (Å²) in [6.07, 6.45) is 0. The number of nitrogens with zero attached hydrogens (tertiary/aromatic N) is 2. The molecule has 1 aromatic rings. The van der Waals surface area contributed by atoms with Gasteiger partial charge in [0.15, 0.2) is 11.6 Å². The number of likely N-dealkylation sites (N-methyl/N-ethyl adjacent to an activating group) is 1. The standard InChI is InChI=1S/C12H14F2N2O4/c1-3-20-5-4-15(2)12(17)8-6-9(13)10(14)7-11(8)16(18)19/h6-7H,3-5H2,1-2H3. The van der Waals surface area contributed by atoms with Crippen LogP contribution >= 0.6 is 0 Å². The Labute approximate surface area is 114 Å². The second-order valence-electron chi connectivity index (χ2n) is 3.96. The fourth-order valence-corrected chi connectivity index (χ4v) is 1.51. The van der Waals surface area contributed by atoms with E-state index in [1.54, 1.807) is 6.92 Å². The van der Waals surface area contributed by atoms with Crippen molar-refractivity contribution in [2.45, 2.75) is 6.92 Å². The molecule has 0 aromatic heterocycles. The predicted octanol–water partition coefficient (Wildman–Crippen LogP) is 1.98. The normalized spacial score (nSPS) is 10.4. The molecule has 1 aromatic carbocycles. The number of hydrogen-bond donors (Lipinski definition) is 0. The molecule has 110 valence electrons. The van der Waals surface area contributed by atoms with Crippen molar-refractivity contribution < 1.29 is 23.2 Å². The molecule has 0 atom stereocenters. The van der Waals surface area contributed by atoms with Crippen LogP contribution in [-0.4, -0.2) is 42.5 Å². The van der Waals surface area contributed by atoms with Gasteiger partial charge in [0.25, 0.3) is 11.6 Å². The molecule has 0 aliphatic rings. The predicted molar refractivity (Wildman–Crippen MR) is 66.5 cm³/mol. The Balaban J connectivity index is 3.02. The third kappa shape index (κ3) is 3.70. The zero-order valence-corrected chi connectivity index (χ0v) is 11.1. The van der Waals surface area contributed by atoms with E-state index >= 15 is 0 Å². The highest BCUT2D eigenvalue weighted by molar-refractivity contribution is 5.98. The maximum absolute atomic E-state index is 13.2. The molecule has 8 heteroatoms. The van der Waals surface area contributed by atoms with Crippen LogP contribution < -0.4 is 0 Å². The zero-order valence-electron chi connectivity index (χ0n) is 11.1. The van der Waals surface area contributed by atoms with Crippen LogP contribution in [0.2, 0.25) is 0 Å². The largest absolute Gasteiger partial charge is 0.380 e. The summed E-state index contributed by atoms with van der Waals surface area (Å²) in [4.78, 5) is 23.0. The van der Waals surface area contributed by atoms with E-state index in [1.165, 1.54) is 7.05 Å². The SMILES string of the molecule is CCOCCN(C)C(=O)c1cc(F)c(F)cc1[N+](=O)[O-]. The lowest BCUT2D eigenvalue weighted by Gasteiger charge is -2.17. The number of nitro benzene ring substituents is 1. The molecule has 0 radical (unpaired) electrons. The number of hydrogen-bond acceptors (Lipinski definition) is 4. The topological polar surface area (TPSA) is 72.7 Å². The molecule has 0 fully saturated rings. The van der Waals surface area contributed by atoms with E-state index in [9.17, 15) is 23.7 Å². The number of carbonyl (C=O) groups excluding carboxylic acids is 1. The van der Waals surface area contributed by atoms with Gasteiger partial charge in [-0.1, -0.05) is 0 Å². The van der Waals surface area contributed by atoms with Gasteiger partial charge in [0.2, 0.25) is 0 Å². The molecule has 1 rings (SSSR count). The summed E-state index contributed by atoms with van der Waals surface area (Å²) in [6, 6.07) is 0.936. The number of benzene rings is 1. The second-order valence-corrected chi connectivity index (χ2v) is 3.96. The Morgan fingerprint density at radius 1 is 1.40 bits per heavy atom. The first-order valence-electron chi connectivity index (χ1n) is 5.85. The molecule has 0 aliphatic heterocycles. The number of carbonyl (C=O) groups is 1. The second kappa shape index (κ2) is 6.90. The Hall–Kier alpha value is -2.09. The van der Waals surface area contributed by atoms with Crippen molar-refractivity contribution in [3.8, 4) is 0 Å². The van der Waals surface area contributed by atoms with Gasteiger partial charge >= 0.3 is 0 Å². The molecule has 0 saturated heterocycles. The molecule has 1 amide bonds. The van der Waals surface area contributed by atoms with E-state index < -0.39 is 33.7 Å². The van der Waals surface area contributed by atoms with Crippen LogP contribution in [0, 0.1) is 21.7 Å². The third-order valence-electron chi connectivity index (χ3n) is 2.59. The van der Waals surface area contributed by atoms with Gasteiger partial charge in [0.1, 0.15) is 5.56 Å². The van der Waals surface area contributed by atoms with Crippen LogP contribution in [-0.2, 0) is 4.74 Å². The van der Waals surface area contributed by atoms with Crippen LogP contribution in [0.25, 0.3) is 0 Å². The van der Waals surface area contributed by atoms with Crippen LogP contribution in [0.4, 0.5) is 14.5 Å². The summed E-state index contributed by atoms with van der Waals surface area (Å²) >= 11 is 0. The van der Waals surface area contributed by atoms with Crippen molar-refractivity contribution in [3.05, 3.63) is 39.4 Å². The lowest BCUT2D eigenvalue weighted by Crippen LogP contribution is -2.30. The molecule has 0 unspecified atom stereocenters. The molecule has 0 saturated carbocycles. The molecular formula is C12H14F2N2O4. The number of amides is 1. The Morgan fingerprint density at radius 3 is 2.55 bits per heavy atom. The maximum Gasteiger partial charge on any atom is 0.285 e. The maximum atomic E-state index is 13.2. The first-order valence-corrected chi connectivity index (χ1v) is 5.85. The molecule has 0 heterocycles. The van der Waals surface area contributed by atoms with Crippen LogP contribution in [0.5, 0.6) is 0 Å². The summed E-state index contributed by atoms with van der Waals surface area (Å²) in [6.45, 7) is 2.68. The summed E-state index contributed by atoms with van der Waals surface area (Å²) in [5.41, 5.74) is -1.26. The zero-order chi connectivity index (χ0) is 15.3. The number of halogens is 2. The average molecular weight is 288 g/mol. The van der Waals surface area contributed by atoms with E-state index in [1.807, 2.05) is 0 Å². The summed E-state index contributed by atoms with van der Waals surface area (Å²) in [5, 5.41) is 10.8. The first-order chi connectivity index (χ1) is 9.38. The highest BCUT2D eigenvalue weighted by Crippen LogP contribution is 2.23.